The molecule has 1 aliphatic heterocycles. The fraction of sp³-hybridized carbons (Fsp3) is 0.280. The Morgan fingerprint density at radius 2 is 1.53 bits per heavy atom. The number of alkyl halides is 3. The van der Waals surface area contributed by atoms with Crippen LogP contribution in [0.15, 0.2) is 78.9 Å². The van der Waals surface area contributed by atoms with E-state index in [1.54, 1.807) is 18.2 Å². The molecule has 5 heteroatoms. The van der Waals surface area contributed by atoms with Crippen LogP contribution >= 0.6 is 0 Å². The molecule has 0 spiro atoms. The van der Waals surface area contributed by atoms with Crippen molar-refractivity contribution in [3.05, 3.63) is 95.6 Å². The van der Waals surface area contributed by atoms with Gasteiger partial charge in [-0.05, 0) is 34.7 Å². The van der Waals surface area contributed by atoms with E-state index in [2.05, 4.69) is 17.0 Å². The predicted molar refractivity (Wildman–Crippen MR) is 112 cm³/mol. The molecular weight excluding hydrogens is 387 g/mol. The summed E-state index contributed by atoms with van der Waals surface area (Å²) < 4.78 is 45.8. The van der Waals surface area contributed by atoms with E-state index in [1.807, 2.05) is 30.3 Å². The van der Waals surface area contributed by atoms with Gasteiger partial charge in [0.25, 0.3) is 0 Å². The van der Waals surface area contributed by atoms with Gasteiger partial charge in [0.15, 0.2) is 0 Å². The Bertz CT molecular complexity index is 954. The number of ether oxygens (including phenoxy) is 1. The van der Waals surface area contributed by atoms with Gasteiger partial charge in [-0.25, -0.2) is 0 Å². The van der Waals surface area contributed by atoms with Gasteiger partial charge in [-0.15, -0.1) is 0 Å². The van der Waals surface area contributed by atoms with E-state index < -0.39 is 11.7 Å². The average molecular weight is 411 g/mol. The highest BCUT2D eigenvalue weighted by Crippen LogP contribution is 2.36. The second kappa shape index (κ2) is 9.02. The van der Waals surface area contributed by atoms with Crippen LogP contribution in [-0.2, 0) is 23.9 Å². The Morgan fingerprint density at radius 1 is 0.833 bits per heavy atom. The van der Waals surface area contributed by atoms with Gasteiger partial charge in [0, 0.05) is 19.6 Å². The normalized spacial score (nSPS) is 17.8. The summed E-state index contributed by atoms with van der Waals surface area (Å²) in [6.45, 7) is 3.14. The lowest BCUT2D eigenvalue weighted by atomic mass is 9.98. The third-order valence-corrected chi connectivity index (χ3v) is 5.43. The summed E-state index contributed by atoms with van der Waals surface area (Å²) in [7, 11) is 0. The first-order valence-electron chi connectivity index (χ1n) is 10.1. The number of rotatable bonds is 5. The SMILES string of the molecule is FC(F)(F)c1ccccc1-c1ccc(CN2CCOC(Cc3ccccc3)C2)cc1. The summed E-state index contributed by atoms with van der Waals surface area (Å²) in [5.41, 5.74) is 2.54. The Morgan fingerprint density at radius 3 is 2.27 bits per heavy atom. The molecule has 1 aliphatic rings. The fourth-order valence-corrected chi connectivity index (χ4v) is 3.95. The minimum absolute atomic E-state index is 0.152. The van der Waals surface area contributed by atoms with Crippen LogP contribution in [0, 0.1) is 0 Å². The number of hydrogen-bond acceptors (Lipinski definition) is 2. The van der Waals surface area contributed by atoms with Gasteiger partial charge in [0.1, 0.15) is 0 Å². The van der Waals surface area contributed by atoms with Crippen molar-refractivity contribution in [1.82, 2.24) is 4.90 Å². The molecule has 0 N–H and O–H groups in total. The van der Waals surface area contributed by atoms with Crippen molar-refractivity contribution < 1.29 is 17.9 Å². The van der Waals surface area contributed by atoms with Crippen molar-refractivity contribution >= 4 is 0 Å². The molecule has 0 amide bonds. The van der Waals surface area contributed by atoms with Crippen LogP contribution in [0.1, 0.15) is 16.7 Å². The standard InChI is InChI=1S/C25H24F3NO/c26-25(27,28)24-9-5-4-8-23(24)21-12-10-20(11-13-21)17-29-14-15-30-22(18-29)16-19-6-2-1-3-7-19/h1-13,22H,14-18H2. The molecule has 4 rings (SSSR count). The largest absolute Gasteiger partial charge is 0.417 e. The van der Waals surface area contributed by atoms with Gasteiger partial charge in [-0.1, -0.05) is 72.8 Å². The van der Waals surface area contributed by atoms with Crippen molar-refractivity contribution in [3.63, 3.8) is 0 Å². The van der Waals surface area contributed by atoms with Crippen molar-refractivity contribution in [2.24, 2.45) is 0 Å². The molecular formula is C25H24F3NO. The minimum Gasteiger partial charge on any atom is -0.375 e. The lowest BCUT2D eigenvalue weighted by Gasteiger charge is -2.33. The topological polar surface area (TPSA) is 12.5 Å². The monoisotopic (exact) mass is 411 g/mol. The van der Waals surface area contributed by atoms with Crippen LogP contribution < -0.4 is 0 Å². The Balaban J connectivity index is 1.42. The molecule has 0 saturated carbocycles. The van der Waals surface area contributed by atoms with Crippen molar-refractivity contribution in [2.45, 2.75) is 25.2 Å². The van der Waals surface area contributed by atoms with E-state index in [0.717, 1.165) is 37.7 Å². The highest BCUT2D eigenvalue weighted by atomic mass is 19.4. The zero-order valence-electron chi connectivity index (χ0n) is 16.6. The third-order valence-electron chi connectivity index (χ3n) is 5.43. The fourth-order valence-electron chi connectivity index (χ4n) is 3.95. The van der Waals surface area contributed by atoms with E-state index >= 15 is 0 Å². The second-order valence-electron chi connectivity index (χ2n) is 7.66. The smallest absolute Gasteiger partial charge is 0.375 e. The number of halogens is 3. The van der Waals surface area contributed by atoms with Crippen molar-refractivity contribution in [3.8, 4) is 11.1 Å². The predicted octanol–water partition coefficient (Wildman–Crippen LogP) is 5.82. The molecule has 0 aliphatic carbocycles. The maximum atomic E-state index is 13.3. The summed E-state index contributed by atoms with van der Waals surface area (Å²) in [4.78, 5) is 2.34. The lowest BCUT2D eigenvalue weighted by Crippen LogP contribution is -2.42. The maximum absolute atomic E-state index is 13.3. The van der Waals surface area contributed by atoms with Crippen LogP contribution in [0.2, 0.25) is 0 Å². The average Bonchev–Trinajstić information content (AvgIpc) is 2.75. The first-order chi connectivity index (χ1) is 14.5. The van der Waals surface area contributed by atoms with E-state index in [1.165, 1.54) is 17.7 Å². The second-order valence-corrected chi connectivity index (χ2v) is 7.66. The summed E-state index contributed by atoms with van der Waals surface area (Å²) in [5, 5.41) is 0. The molecule has 30 heavy (non-hydrogen) atoms. The first kappa shape index (κ1) is 20.6. The number of benzene rings is 3. The maximum Gasteiger partial charge on any atom is 0.417 e. The molecule has 0 radical (unpaired) electrons. The Labute approximate surface area is 174 Å². The molecule has 3 aromatic carbocycles. The Kier molecular flexibility index (Phi) is 6.21. The van der Waals surface area contributed by atoms with Gasteiger partial charge < -0.3 is 4.74 Å². The molecule has 2 nitrogen and oxygen atoms in total. The highest BCUT2D eigenvalue weighted by Gasteiger charge is 2.33. The molecule has 1 unspecified atom stereocenters. The van der Waals surface area contributed by atoms with E-state index in [9.17, 15) is 13.2 Å². The van der Waals surface area contributed by atoms with Crippen LogP contribution in [0.25, 0.3) is 11.1 Å². The number of nitrogens with zero attached hydrogens (tertiary/aromatic N) is 1. The number of hydrogen-bond donors (Lipinski definition) is 0. The molecule has 0 aromatic heterocycles. The van der Waals surface area contributed by atoms with E-state index in [0.29, 0.717) is 12.2 Å². The van der Waals surface area contributed by atoms with E-state index in [4.69, 9.17) is 4.74 Å². The zero-order valence-corrected chi connectivity index (χ0v) is 16.6. The van der Waals surface area contributed by atoms with Gasteiger partial charge in [-0.2, -0.15) is 13.2 Å². The molecule has 156 valence electrons. The van der Waals surface area contributed by atoms with Gasteiger partial charge in [-0.3, -0.25) is 4.90 Å². The molecule has 1 fully saturated rings. The zero-order chi connectivity index (χ0) is 21.0. The van der Waals surface area contributed by atoms with Crippen LogP contribution in [0.3, 0.4) is 0 Å². The summed E-state index contributed by atoms with van der Waals surface area (Å²) in [6, 6.07) is 23.4. The summed E-state index contributed by atoms with van der Waals surface area (Å²) in [5.74, 6) is 0. The molecule has 3 aromatic rings. The van der Waals surface area contributed by atoms with Crippen LogP contribution in [0.4, 0.5) is 13.2 Å². The molecule has 1 heterocycles. The quantitative estimate of drug-likeness (QED) is 0.525. The van der Waals surface area contributed by atoms with Gasteiger partial charge in [0.05, 0.1) is 18.3 Å². The van der Waals surface area contributed by atoms with Gasteiger partial charge in [0.2, 0.25) is 0 Å². The summed E-state index contributed by atoms with van der Waals surface area (Å²) >= 11 is 0. The molecule has 1 atom stereocenters. The minimum atomic E-state index is -4.36. The third kappa shape index (κ3) is 5.10. The highest BCUT2D eigenvalue weighted by molar-refractivity contribution is 5.68. The summed E-state index contributed by atoms with van der Waals surface area (Å²) in [6.07, 6.45) is -3.33. The molecule has 1 saturated heterocycles. The molecule has 0 bridgehead atoms. The lowest BCUT2D eigenvalue weighted by molar-refractivity contribution is -0.137. The van der Waals surface area contributed by atoms with Gasteiger partial charge >= 0.3 is 6.18 Å². The van der Waals surface area contributed by atoms with Crippen molar-refractivity contribution in [2.75, 3.05) is 19.7 Å². The first-order valence-corrected chi connectivity index (χ1v) is 10.1. The van der Waals surface area contributed by atoms with E-state index in [-0.39, 0.29) is 11.7 Å². The Hall–Kier alpha value is -2.63. The van der Waals surface area contributed by atoms with Crippen LogP contribution in [-0.4, -0.2) is 30.7 Å². The van der Waals surface area contributed by atoms with Crippen LogP contribution in [0.5, 0.6) is 0 Å². The number of morpholine rings is 1. The van der Waals surface area contributed by atoms with Crippen molar-refractivity contribution in [1.29, 1.82) is 0 Å².